The first-order valence-electron chi connectivity index (χ1n) is 8.17. The second-order valence-electron chi connectivity index (χ2n) is 6.48. The summed E-state index contributed by atoms with van der Waals surface area (Å²) in [6.07, 6.45) is 3.45. The largest absolute Gasteiger partial charge is 0.370 e. The Bertz CT molecular complexity index is 737. The fraction of sp³-hybridized carbons (Fsp3) is 0.333. The average Bonchev–Trinajstić information content (AvgIpc) is 3.19. The first-order chi connectivity index (χ1) is 11.7. The number of anilines is 2. The lowest BCUT2D eigenvalue weighted by Gasteiger charge is -2.19. The number of rotatable bonds is 3. The number of aromatic nitrogens is 1. The van der Waals surface area contributed by atoms with E-state index in [2.05, 4.69) is 20.5 Å². The van der Waals surface area contributed by atoms with Crippen LogP contribution in [0, 0.1) is 11.8 Å². The normalized spacial score (nSPS) is 22.5. The van der Waals surface area contributed by atoms with Crippen molar-refractivity contribution in [1.29, 1.82) is 0 Å². The maximum Gasteiger partial charge on any atom is 0.257 e. The van der Waals surface area contributed by atoms with Crippen LogP contribution in [0.4, 0.5) is 11.4 Å². The van der Waals surface area contributed by atoms with Gasteiger partial charge in [-0.1, -0.05) is 11.6 Å². The van der Waals surface area contributed by atoms with Crippen molar-refractivity contribution in [3.05, 3.63) is 53.3 Å². The maximum absolute atomic E-state index is 12.4. The Labute approximate surface area is 146 Å². The summed E-state index contributed by atoms with van der Waals surface area (Å²) >= 11 is 5.87. The SMILES string of the molecule is O=C(Nc1ccc(Cl)cc1)c1cncc(N2C[C@H]3CNC[C@H]3C2)c1. The van der Waals surface area contributed by atoms with Gasteiger partial charge >= 0.3 is 0 Å². The highest BCUT2D eigenvalue weighted by atomic mass is 35.5. The number of hydrogen-bond acceptors (Lipinski definition) is 4. The van der Waals surface area contributed by atoms with Crippen molar-refractivity contribution in [2.75, 3.05) is 36.4 Å². The summed E-state index contributed by atoms with van der Waals surface area (Å²) in [5, 5.41) is 6.96. The maximum atomic E-state index is 12.4. The van der Waals surface area contributed by atoms with Crippen LogP contribution in [0.5, 0.6) is 0 Å². The molecule has 2 aromatic rings. The van der Waals surface area contributed by atoms with Gasteiger partial charge in [0.1, 0.15) is 0 Å². The minimum atomic E-state index is -0.160. The molecule has 24 heavy (non-hydrogen) atoms. The van der Waals surface area contributed by atoms with E-state index < -0.39 is 0 Å². The smallest absolute Gasteiger partial charge is 0.257 e. The highest BCUT2D eigenvalue weighted by Crippen LogP contribution is 2.30. The van der Waals surface area contributed by atoms with Crippen LogP contribution in [0.2, 0.25) is 5.02 Å². The Morgan fingerprint density at radius 1 is 1.17 bits per heavy atom. The Morgan fingerprint density at radius 2 is 1.88 bits per heavy atom. The van der Waals surface area contributed by atoms with E-state index in [4.69, 9.17) is 11.6 Å². The zero-order chi connectivity index (χ0) is 16.5. The van der Waals surface area contributed by atoms with E-state index in [0.29, 0.717) is 22.4 Å². The van der Waals surface area contributed by atoms with Gasteiger partial charge in [-0.2, -0.15) is 0 Å². The standard InChI is InChI=1S/C18H19ClN4O/c19-15-1-3-16(4-2-15)22-18(24)12-5-17(9-21-6-12)23-10-13-7-20-8-14(13)11-23/h1-6,9,13-14,20H,7-8,10-11H2,(H,22,24)/t13-,14+. The van der Waals surface area contributed by atoms with Crippen LogP contribution < -0.4 is 15.5 Å². The molecular formula is C18H19ClN4O. The molecule has 1 aromatic heterocycles. The lowest BCUT2D eigenvalue weighted by Crippen LogP contribution is -2.26. The van der Waals surface area contributed by atoms with Crippen LogP contribution in [0.1, 0.15) is 10.4 Å². The van der Waals surface area contributed by atoms with E-state index in [0.717, 1.165) is 37.6 Å². The number of fused-ring (bicyclic) bond motifs is 1. The van der Waals surface area contributed by atoms with Gasteiger partial charge < -0.3 is 15.5 Å². The van der Waals surface area contributed by atoms with E-state index in [9.17, 15) is 4.79 Å². The fourth-order valence-electron chi connectivity index (χ4n) is 3.53. The zero-order valence-electron chi connectivity index (χ0n) is 13.2. The van der Waals surface area contributed by atoms with Gasteiger partial charge in [-0.3, -0.25) is 9.78 Å². The average molecular weight is 343 g/mol. The number of carbonyl (C=O) groups excluding carboxylic acids is 1. The number of nitrogens with zero attached hydrogens (tertiary/aromatic N) is 2. The van der Waals surface area contributed by atoms with Gasteiger partial charge in [0.05, 0.1) is 17.4 Å². The van der Waals surface area contributed by atoms with Crippen molar-refractivity contribution in [2.45, 2.75) is 0 Å². The molecule has 0 aliphatic carbocycles. The summed E-state index contributed by atoms with van der Waals surface area (Å²) in [6.45, 7) is 4.24. The summed E-state index contributed by atoms with van der Waals surface area (Å²) in [5.41, 5.74) is 2.31. The fourth-order valence-corrected chi connectivity index (χ4v) is 3.65. The topological polar surface area (TPSA) is 57.3 Å². The predicted octanol–water partition coefficient (Wildman–Crippen LogP) is 2.64. The second-order valence-corrected chi connectivity index (χ2v) is 6.91. The molecule has 2 aliphatic rings. The van der Waals surface area contributed by atoms with Crippen LogP contribution in [0.3, 0.4) is 0 Å². The van der Waals surface area contributed by atoms with Gasteiger partial charge in [-0.05, 0) is 42.2 Å². The molecule has 2 fully saturated rings. The van der Waals surface area contributed by atoms with E-state index in [1.165, 1.54) is 0 Å². The van der Waals surface area contributed by atoms with Crippen LogP contribution in [0.25, 0.3) is 0 Å². The molecule has 0 saturated carbocycles. The van der Waals surface area contributed by atoms with Crippen LogP contribution in [0.15, 0.2) is 42.7 Å². The molecule has 0 radical (unpaired) electrons. The molecule has 2 saturated heterocycles. The zero-order valence-corrected chi connectivity index (χ0v) is 14.0. The first kappa shape index (κ1) is 15.4. The van der Waals surface area contributed by atoms with E-state index >= 15 is 0 Å². The molecule has 124 valence electrons. The number of pyridine rings is 1. The van der Waals surface area contributed by atoms with E-state index in [1.54, 1.807) is 30.5 Å². The minimum absolute atomic E-state index is 0.160. The van der Waals surface area contributed by atoms with Crippen molar-refractivity contribution in [3.8, 4) is 0 Å². The molecule has 1 aromatic carbocycles. The van der Waals surface area contributed by atoms with Crippen LogP contribution in [-0.2, 0) is 0 Å². The molecular weight excluding hydrogens is 324 g/mol. The molecule has 0 spiro atoms. The highest BCUT2D eigenvalue weighted by Gasteiger charge is 2.36. The minimum Gasteiger partial charge on any atom is -0.370 e. The second kappa shape index (κ2) is 6.42. The third-order valence-electron chi connectivity index (χ3n) is 4.84. The molecule has 2 N–H and O–H groups in total. The monoisotopic (exact) mass is 342 g/mol. The van der Waals surface area contributed by atoms with Gasteiger partial charge in [-0.15, -0.1) is 0 Å². The quantitative estimate of drug-likeness (QED) is 0.900. The summed E-state index contributed by atoms with van der Waals surface area (Å²) in [5.74, 6) is 1.25. The summed E-state index contributed by atoms with van der Waals surface area (Å²) in [6, 6.07) is 9.00. The van der Waals surface area contributed by atoms with Gasteiger partial charge in [0, 0.05) is 43.1 Å². The first-order valence-corrected chi connectivity index (χ1v) is 8.54. The third kappa shape index (κ3) is 3.09. The lowest BCUT2D eigenvalue weighted by molar-refractivity contribution is 0.102. The molecule has 1 amide bonds. The van der Waals surface area contributed by atoms with E-state index in [-0.39, 0.29) is 5.91 Å². The van der Waals surface area contributed by atoms with Gasteiger partial charge in [-0.25, -0.2) is 0 Å². The Balaban J connectivity index is 1.48. The van der Waals surface area contributed by atoms with E-state index in [1.807, 2.05) is 12.3 Å². The van der Waals surface area contributed by atoms with Gasteiger partial charge in [0.25, 0.3) is 5.91 Å². The van der Waals surface area contributed by atoms with Crippen molar-refractivity contribution in [2.24, 2.45) is 11.8 Å². The summed E-state index contributed by atoms with van der Waals surface area (Å²) in [4.78, 5) is 19.0. The molecule has 0 bridgehead atoms. The third-order valence-corrected chi connectivity index (χ3v) is 5.09. The summed E-state index contributed by atoms with van der Waals surface area (Å²) < 4.78 is 0. The molecule has 3 heterocycles. The van der Waals surface area contributed by atoms with Crippen molar-refractivity contribution in [3.63, 3.8) is 0 Å². The van der Waals surface area contributed by atoms with Gasteiger partial charge in [0.15, 0.2) is 0 Å². The number of amides is 1. The van der Waals surface area contributed by atoms with Crippen LogP contribution in [-0.4, -0.2) is 37.1 Å². The predicted molar refractivity (Wildman–Crippen MR) is 95.7 cm³/mol. The van der Waals surface area contributed by atoms with Crippen molar-refractivity contribution < 1.29 is 4.79 Å². The Kier molecular flexibility index (Phi) is 4.12. The lowest BCUT2D eigenvalue weighted by atomic mass is 10.0. The van der Waals surface area contributed by atoms with Gasteiger partial charge in [0.2, 0.25) is 0 Å². The number of nitrogens with one attached hydrogen (secondary N) is 2. The molecule has 5 nitrogen and oxygen atoms in total. The van der Waals surface area contributed by atoms with Crippen molar-refractivity contribution >= 4 is 28.9 Å². The number of carbonyl (C=O) groups is 1. The number of halogens is 1. The molecule has 4 rings (SSSR count). The molecule has 0 unspecified atom stereocenters. The summed E-state index contributed by atoms with van der Waals surface area (Å²) in [7, 11) is 0. The number of benzene rings is 1. The highest BCUT2D eigenvalue weighted by molar-refractivity contribution is 6.30. The van der Waals surface area contributed by atoms with Crippen molar-refractivity contribution in [1.82, 2.24) is 10.3 Å². The Morgan fingerprint density at radius 3 is 2.58 bits per heavy atom. The molecule has 6 heteroatoms. The molecule has 2 atom stereocenters. The Hall–Kier alpha value is -2.11. The van der Waals surface area contributed by atoms with Crippen LogP contribution >= 0.6 is 11.6 Å². The number of hydrogen-bond donors (Lipinski definition) is 2. The molecule has 2 aliphatic heterocycles.